The van der Waals surface area contributed by atoms with Crippen molar-refractivity contribution < 1.29 is 13.2 Å². The molecule has 1 heterocycles. The maximum Gasteiger partial charge on any atom is 0.379 e. The molecule has 1 nitrogen and oxygen atoms in total. The van der Waals surface area contributed by atoms with E-state index in [9.17, 15) is 13.2 Å². The normalized spacial score (nSPS) is 13.8. The second kappa shape index (κ2) is 11.5. The van der Waals surface area contributed by atoms with E-state index >= 15 is 0 Å². The van der Waals surface area contributed by atoms with Crippen molar-refractivity contribution in [2.24, 2.45) is 0 Å². The van der Waals surface area contributed by atoms with Gasteiger partial charge in [-0.1, -0.05) is 13.8 Å². The lowest BCUT2D eigenvalue weighted by atomic mass is 10.3. The molecule has 10 heavy (non-hydrogen) atoms. The highest BCUT2D eigenvalue weighted by Gasteiger charge is 1.92. The first-order chi connectivity index (χ1) is 4.73. The van der Waals surface area contributed by atoms with Gasteiger partial charge in [-0.25, -0.2) is 0 Å². The van der Waals surface area contributed by atoms with Crippen molar-refractivity contribution in [3.05, 3.63) is 0 Å². The Kier molecular flexibility index (Phi) is 14.3. The van der Waals surface area contributed by atoms with Gasteiger partial charge in [-0.15, -0.1) is 0 Å². The van der Waals surface area contributed by atoms with Crippen molar-refractivity contribution in [1.82, 2.24) is 5.32 Å². The van der Waals surface area contributed by atoms with Gasteiger partial charge in [0.1, 0.15) is 0 Å². The predicted molar refractivity (Wildman–Crippen MR) is 35.9 cm³/mol. The molecule has 0 saturated carbocycles. The van der Waals surface area contributed by atoms with E-state index in [0.29, 0.717) is 0 Å². The molecule has 1 fully saturated rings. The van der Waals surface area contributed by atoms with Crippen LogP contribution in [-0.2, 0) is 0 Å². The molecule has 1 N–H and O–H groups in total. The van der Waals surface area contributed by atoms with E-state index in [4.69, 9.17) is 0 Å². The number of alkyl halides is 3. The van der Waals surface area contributed by atoms with E-state index in [0.717, 1.165) is 0 Å². The van der Waals surface area contributed by atoms with E-state index in [-0.39, 0.29) is 0 Å². The molecule has 0 aromatic rings. The van der Waals surface area contributed by atoms with Gasteiger partial charge in [0.05, 0.1) is 0 Å². The van der Waals surface area contributed by atoms with Crippen molar-refractivity contribution in [2.45, 2.75) is 26.9 Å². The second-order valence-electron chi connectivity index (χ2n) is 1.35. The van der Waals surface area contributed by atoms with Gasteiger partial charge in [0, 0.05) is 0 Å². The fraction of sp³-hybridized carbons (Fsp3) is 1.00. The van der Waals surface area contributed by atoms with Crippen molar-refractivity contribution in [3.63, 3.8) is 0 Å². The summed E-state index contributed by atoms with van der Waals surface area (Å²) in [7, 11) is 0. The number of rotatable bonds is 0. The molecule has 0 bridgehead atoms. The molecule has 0 aromatic carbocycles. The fourth-order valence-electron chi connectivity index (χ4n) is 0.177. The third-order valence-corrected chi connectivity index (χ3v) is 0.707. The highest BCUT2D eigenvalue weighted by atomic mass is 19.4. The summed E-state index contributed by atoms with van der Waals surface area (Å²) in [5, 5.41) is 3.11. The molecule has 0 aliphatic carbocycles. The SMILES string of the molecule is C1CNC1.CC.FC(F)F. The van der Waals surface area contributed by atoms with Crippen LogP contribution in [0, 0.1) is 0 Å². The smallest absolute Gasteiger partial charge is 0.317 e. The van der Waals surface area contributed by atoms with E-state index < -0.39 is 6.68 Å². The van der Waals surface area contributed by atoms with Crippen molar-refractivity contribution in [1.29, 1.82) is 0 Å². The molecule has 1 aliphatic heterocycles. The summed E-state index contributed by atoms with van der Waals surface area (Å²) >= 11 is 0. The zero-order valence-electron chi connectivity index (χ0n) is 6.33. The van der Waals surface area contributed by atoms with E-state index in [1.54, 1.807) is 0 Å². The molecule has 0 spiro atoms. The summed E-state index contributed by atoms with van der Waals surface area (Å²) in [4.78, 5) is 0. The molecule has 0 amide bonds. The third-order valence-electron chi connectivity index (χ3n) is 0.707. The van der Waals surface area contributed by atoms with Crippen LogP contribution < -0.4 is 5.32 Å². The summed E-state index contributed by atoms with van der Waals surface area (Å²) in [6.45, 7) is 2.83. The summed E-state index contributed by atoms with van der Waals surface area (Å²) < 4.78 is 29.0. The molecule has 0 unspecified atom stereocenters. The van der Waals surface area contributed by atoms with Gasteiger partial charge in [-0.2, -0.15) is 13.2 Å². The first-order valence-corrected chi connectivity index (χ1v) is 3.36. The van der Waals surface area contributed by atoms with Gasteiger partial charge in [0.2, 0.25) is 0 Å². The predicted octanol–water partition coefficient (Wildman–Crippen LogP) is 2.18. The largest absolute Gasteiger partial charge is 0.379 e. The first kappa shape index (κ1) is 12.4. The standard InChI is InChI=1S/C3H7N.C2H6.CHF3/c1-2-4-3-1;1-2;2-1(3)4/h4H,1-3H2;1-2H3;1H. The summed E-state index contributed by atoms with van der Waals surface area (Å²) in [5.74, 6) is 0. The Morgan fingerprint density at radius 2 is 1.20 bits per heavy atom. The maximum absolute atomic E-state index is 9.67. The van der Waals surface area contributed by atoms with Crippen molar-refractivity contribution in [2.75, 3.05) is 13.1 Å². The van der Waals surface area contributed by atoms with Crippen LogP contribution in [0.4, 0.5) is 13.2 Å². The van der Waals surface area contributed by atoms with Gasteiger partial charge >= 0.3 is 6.68 Å². The minimum atomic E-state index is -3.67. The van der Waals surface area contributed by atoms with Crippen LogP contribution in [0.5, 0.6) is 0 Å². The Morgan fingerprint density at radius 3 is 1.20 bits per heavy atom. The summed E-state index contributed by atoms with van der Waals surface area (Å²) in [6.07, 6.45) is 1.39. The lowest BCUT2D eigenvalue weighted by Crippen LogP contribution is -2.29. The zero-order chi connectivity index (χ0) is 8.41. The molecule has 1 saturated heterocycles. The van der Waals surface area contributed by atoms with E-state index in [1.165, 1.54) is 19.5 Å². The van der Waals surface area contributed by atoms with Crippen LogP contribution in [0.15, 0.2) is 0 Å². The first-order valence-electron chi connectivity index (χ1n) is 3.36. The van der Waals surface area contributed by atoms with Gasteiger partial charge in [0.15, 0.2) is 0 Å². The summed E-state index contributed by atoms with van der Waals surface area (Å²) in [5.41, 5.74) is 0. The Hall–Kier alpha value is -0.250. The molecule has 1 rings (SSSR count). The lowest BCUT2D eigenvalue weighted by Gasteiger charge is -2.09. The van der Waals surface area contributed by atoms with Crippen LogP contribution in [0.25, 0.3) is 0 Å². The molecule has 0 radical (unpaired) electrons. The highest BCUT2D eigenvalue weighted by molar-refractivity contribution is 4.56. The Bertz CT molecular complexity index is 39.5. The van der Waals surface area contributed by atoms with Gasteiger partial charge in [0.25, 0.3) is 0 Å². The van der Waals surface area contributed by atoms with E-state index in [2.05, 4.69) is 5.32 Å². The maximum atomic E-state index is 9.67. The molecular weight excluding hydrogens is 143 g/mol. The van der Waals surface area contributed by atoms with Gasteiger partial charge in [-0.3, -0.25) is 0 Å². The second-order valence-corrected chi connectivity index (χ2v) is 1.35. The minimum Gasteiger partial charge on any atom is -0.317 e. The highest BCUT2D eigenvalue weighted by Crippen LogP contribution is 1.87. The average Bonchev–Trinajstić information content (AvgIpc) is 1.63. The van der Waals surface area contributed by atoms with Gasteiger partial charge in [-0.05, 0) is 19.5 Å². The van der Waals surface area contributed by atoms with Crippen LogP contribution in [0.3, 0.4) is 0 Å². The zero-order valence-corrected chi connectivity index (χ0v) is 6.33. The third kappa shape index (κ3) is 25.1. The number of hydrogen-bond donors (Lipinski definition) is 1. The molecule has 1 aliphatic rings. The molecule has 0 aromatic heterocycles. The monoisotopic (exact) mass is 157 g/mol. The Morgan fingerprint density at radius 1 is 1.10 bits per heavy atom. The van der Waals surface area contributed by atoms with Crippen LogP contribution in [-0.4, -0.2) is 19.8 Å². The van der Waals surface area contributed by atoms with E-state index in [1.807, 2.05) is 13.8 Å². The lowest BCUT2D eigenvalue weighted by molar-refractivity contribution is 0.00819. The van der Waals surface area contributed by atoms with Gasteiger partial charge < -0.3 is 5.32 Å². The molecule has 64 valence electrons. The average molecular weight is 157 g/mol. The Labute approximate surface area is 59.6 Å². The molecular formula is C6H14F3N. The number of hydrogen-bond acceptors (Lipinski definition) is 1. The molecule has 0 atom stereocenters. The topological polar surface area (TPSA) is 12.0 Å². The molecule has 4 heteroatoms. The fourth-order valence-corrected chi connectivity index (χ4v) is 0.177. The number of nitrogens with one attached hydrogen (secondary N) is 1. The quantitative estimate of drug-likeness (QED) is 0.568. The number of halogens is 3. The minimum absolute atomic E-state index is 1.25. The Balaban J connectivity index is 0. The van der Waals surface area contributed by atoms with Crippen LogP contribution in [0.1, 0.15) is 20.3 Å². The van der Waals surface area contributed by atoms with Crippen LogP contribution >= 0.6 is 0 Å². The van der Waals surface area contributed by atoms with Crippen molar-refractivity contribution in [3.8, 4) is 0 Å². The van der Waals surface area contributed by atoms with Crippen LogP contribution in [0.2, 0.25) is 0 Å². The summed E-state index contributed by atoms with van der Waals surface area (Å²) in [6, 6.07) is 0. The van der Waals surface area contributed by atoms with Crippen molar-refractivity contribution >= 4 is 0 Å².